The van der Waals surface area contributed by atoms with Crippen molar-refractivity contribution in [3.05, 3.63) is 63.7 Å². The van der Waals surface area contributed by atoms with Crippen LogP contribution in [0.25, 0.3) is 0 Å². The van der Waals surface area contributed by atoms with Crippen molar-refractivity contribution in [2.24, 2.45) is 4.99 Å². The molecule has 1 unspecified atom stereocenters. The van der Waals surface area contributed by atoms with Crippen LogP contribution >= 0.6 is 11.6 Å². The zero-order valence-corrected chi connectivity index (χ0v) is 19.9. The Morgan fingerprint density at radius 1 is 1.41 bits per heavy atom. The monoisotopic (exact) mass is 489 g/mol. The number of hydrogen-bond donors (Lipinski definition) is 3. The zero-order chi connectivity index (χ0) is 24.6. The fourth-order valence-corrected chi connectivity index (χ4v) is 4.11. The average Bonchev–Trinajstić information content (AvgIpc) is 3.45. The molecule has 0 bridgehead atoms. The molecule has 3 N–H and O–H groups in total. The highest BCUT2D eigenvalue weighted by molar-refractivity contribution is 6.43. The second-order valence-electron chi connectivity index (χ2n) is 8.51. The van der Waals surface area contributed by atoms with Crippen LogP contribution in [0.5, 0.6) is 5.75 Å². The molecule has 3 aliphatic heterocycles. The summed E-state index contributed by atoms with van der Waals surface area (Å²) in [4.78, 5) is 19.3. The summed E-state index contributed by atoms with van der Waals surface area (Å²) in [5.41, 5.74) is 2.93. The summed E-state index contributed by atoms with van der Waals surface area (Å²) in [6.07, 6.45) is 1.30. The molecule has 2 fully saturated rings. The SMILES string of the molecule is CC[C@H](CC1N/C1=C/F)Oc1cc(F)ccc1C(=O)N1CC(=N)/C(=C2/N=C(C)C(Cl)=C(C)N2)C1. The van der Waals surface area contributed by atoms with Crippen molar-refractivity contribution in [3.8, 4) is 5.75 Å². The standard InChI is InChI=1S/C24H26ClF2N5O2/c1-4-15(8-19-20(9-26)31-19)34-21-7-14(27)5-6-16(21)24(33)32-10-17(18(28)11-32)23-29-12(2)22(25)13(3)30-23/h5-7,9,15,19,28-29,31H,4,8,10-11H2,1-3H3/b20-9+,23-17+,28-18?/t15-,19?/m1/s1. The molecule has 1 aromatic rings. The normalized spacial score (nSPS) is 24.1. The smallest absolute Gasteiger partial charge is 0.258 e. The maximum absolute atomic E-state index is 14.1. The second kappa shape index (κ2) is 9.58. The number of halogens is 3. The predicted octanol–water partition coefficient (Wildman–Crippen LogP) is 4.38. The molecule has 1 aromatic carbocycles. The van der Waals surface area contributed by atoms with Gasteiger partial charge in [0.25, 0.3) is 5.91 Å². The van der Waals surface area contributed by atoms with Crippen molar-refractivity contribution in [3.63, 3.8) is 0 Å². The lowest BCUT2D eigenvalue weighted by atomic mass is 10.1. The minimum absolute atomic E-state index is 0.0923. The Hall–Kier alpha value is -3.20. The van der Waals surface area contributed by atoms with Crippen molar-refractivity contribution < 1.29 is 18.3 Å². The number of allylic oxidation sites excluding steroid dienone is 2. The van der Waals surface area contributed by atoms with Gasteiger partial charge in [0.05, 0.1) is 46.8 Å². The van der Waals surface area contributed by atoms with E-state index in [1.807, 2.05) is 13.8 Å². The molecule has 10 heteroatoms. The Labute approximate surface area is 201 Å². The van der Waals surface area contributed by atoms with Crippen molar-refractivity contribution in [2.75, 3.05) is 13.1 Å². The van der Waals surface area contributed by atoms with Crippen LogP contribution in [0.15, 0.2) is 57.3 Å². The Kier molecular flexibility index (Phi) is 6.74. The molecule has 0 aliphatic carbocycles. The van der Waals surface area contributed by atoms with Gasteiger partial charge in [-0.3, -0.25) is 4.79 Å². The highest BCUT2D eigenvalue weighted by atomic mass is 35.5. The van der Waals surface area contributed by atoms with Gasteiger partial charge in [0.1, 0.15) is 29.8 Å². The number of amides is 1. The first-order valence-electron chi connectivity index (χ1n) is 11.0. The highest BCUT2D eigenvalue weighted by Gasteiger charge is 2.34. The molecule has 0 spiro atoms. The number of hydrogen-bond acceptors (Lipinski definition) is 6. The third-order valence-electron chi connectivity index (χ3n) is 6.04. The van der Waals surface area contributed by atoms with Gasteiger partial charge in [-0.2, -0.15) is 0 Å². The van der Waals surface area contributed by atoms with Crippen LogP contribution in [0.1, 0.15) is 44.0 Å². The van der Waals surface area contributed by atoms with Crippen LogP contribution in [-0.2, 0) is 0 Å². The van der Waals surface area contributed by atoms with Gasteiger partial charge < -0.3 is 25.7 Å². The van der Waals surface area contributed by atoms with Gasteiger partial charge in [-0.15, -0.1) is 0 Å². The van der Waals surface area contributed by atoms with Crippen molar-refractivity contribution in [1.82, 2.24) is 15.5 Å². The molecule has 34 heavy (non-hydrogen) atoms. The third-order valence-corrected chi connectivity index (χ3v) is 6.60. The summed E-state index contributed by atoms with van der Waals surface area (Å²) in [5.74, 6) is -0.273. The fraction of sp³-hybridized carbons (Fsp3) is 0.375. The first kappa shape index (κ1) is 23.9. The second-order valence-corrected chi connectivity index (χ2v) is 8.89. The van der Waals surface area contributed by atoms with Gasteiger partial charge in [-0.05, 0) is 32.4 Å². The number of likely N-dealkylation sites (tertiary alicyclic amines) is 1. The summed E-state index contributed by atoms with van der Waals surface area (Å²) >= 11 is 6.20. The van der Waals surface area contributed by atoms with Crippen LogP contribution in [0.2, 0.25) is 0 Å². The topological polar surface area (TPSA) is 99.7 Å². The number of ether oxygens (including phenoxy) is 1. The molecule has 1 amide bonds. The van der Waals surface area contributed by atoms with Crippen molar-refractivity contribution in [2.45, 2.75) is 45.8 Å². The zero-order valence-electron chi connectivity index (χ0n) is 19.1. The lowest BCUT2D eigenvalue weighted by molar-refractivity contribution is 0.0795. The number of carbonyl (C=O) groups excluding carboxylic acids is 1. The molecule has 2 atom stereocenters. The molecule has 2 saturated heterocycles. The van der Waals surface area contributed by atoms with Crippen LogP contribution in [0.3, 0.4) is 0 Å². The molecule has 0 aromatic heterocycles. The van der Waals surface area contributed by atoms with Crippen molar-refractivity contribution >= 4 is 28.9 Å². The lowest BCUT2D eigenvalue weighted by Gasteiger charge is -2.22. The minimum atomic E-state index is -0.525. The molecule has 4 rings (SSSR count). The minimum Gasteiger partial charge on any atom is -0.489 e. The van der Waals surface area contributed by atoms with E-state index < -0.39 is 5.82 Å². The molecule has 180 valence electrons. The summed E-state index contributed by atoms with van der Waals surface area (Å²) in [5, 5.41) is 15.0. The largest absolute Gasteiger partial charge is 0.489 e. The van der Waals surface area contributed by atoms with Gasteiger partial charge in [0.2, 0.25) is 0 Å². The van der Waals surface area contributed by atoms with E-state index in [-0.39, 0.29) is 48.2 Å². The van der Waals surface area contributed by atoms with E-state index in [0.29, 0.717) is 47.0 Å². The van der Waals surface area contributed by atoms with Crippen LogP contribution in [0.4, 0.5) is 8.78 Å². The maximum Gasteiger partial charge on any atom is 0.258 e. The third kappa shape index (κ3) is 4.84. The molecule has 7 nitrogen and oxygen atoms in total. The number of aliphatic imine (C=N–C) groups is 1. The van der Waals surface area contributed by atoms with Crippen LogP contribution in [-0.4, -0.2) is 47.5 Å². The molecule has 0 radical (unpaired) electrons. The molecule has 3 aliphatic rings. The Bertz CT molecular complexity index is 1170. The molecular formula is C24H26ClF2N5O2. The fourth-order valence-electron chi connectivity index (χ4n) is 4.02. The van der Waals surface area contributed by atoms with Crippen molar-refractivity contribution in [1.29, 1.82) is 5.41 Å². The molecule has 3 heterocycles. The number of nitrogens with zero attached hydrogens (tertiary/aromatic N) is 2. The van der Waals surface area contributed by atoms with E-state index in [0.717, 1.165) is 5.70 Å². The summed E-state index contributed by atoms with van der Waals surface area (Å²) in [6.45, 7) is 5.78. The van der Waals surface area contributed by atoms with Gasteiger partial charge in [-0.25, -0.2) is 13.8 Å². The lowest BCUT2D eigenvalue weighted by Crippen LogP contribution is -2.30. The first-order chi connectivity index (χ1) is 16.2. The van der Waals surface area contributed by atoms with Gasteiger partial charge >= 0.3 is 0 Å². The van der Waals surface area contributed by atoms with Gasteiger partial charge in [-0.1, -0.05) is 18.5 Å². The van der Waals surface area contributed by atoms with E-state index in [4.69, 9.17) is 21.7 Å². The highest BCUT2D eigenvalue weighted by Crippen LogP contribution is 2.30. The Balaban J connectivity index is 1.55. The van der Waals surface area contributed by atoms with E-state index in [9.17, 15) is 13.6 Å². The maximum atomic E-state index is 14.1. The molecular weight excluding hydrogens is 464 g/mol. The summed E-state index contributed by atoms with van der Waals surface area (Å²) in [7, 11) is 0. The average molecular weight is 490 g/mol. The number of carbonyl (C=O) groups is 1. The Morgan fingerprint density at radius 2 is 2.18 bits per heavy atom. The van der Waals surface area contributed by atoms with Crippen LogP contribution in [0, 0.1) is 11.2 Å². The predicted molar refractivity (Wildman–Crippen MR) is 127 cm³/mol. The first-order valence-corrected chi connectivity index (χ1v) is 11.4. The van der Waals surface area contributed by atoms with Gasteiger partial charge in [0.15, 0.2) is 0 Å². The Morgan fingerprint density at radius 3 is 2.82 bits per heavy atom. The molecule has 0 saturated carbocycles. The van der Waals surface area contributed by atoms with Gasteiger partial charge in [0, 0.05) is 23.8 Å². The quantitative estimate of drug-likeness (QED) is 0.516. The number of nitrogens with one attached hydrogen (secondary N) is 3. The van der Waals surface area contributed by atoms with E-state index >= 15 is 0 Å². The summed E-state index contributed by atoms with van der Waals surface area (Å²) in [6, 6.07) is 3.68. The number of rotatable bonds is 6. The summed E-state index contributed by atoms with van der Waals surface area (Å²) < 4.78 is 32.7. The number of benzene rings is 1. The van der Waals surface area contributed by atoms with E-state index in [1.54, 1.807) is 6.92 Å². The van der Waals surface area contributed by atoms with E-state index in [2.05, 4.69) is 15.6 Å². The van der Waals surface area contributed by atoms with E-state index in [1.165, 1.54) is 23.1 Å². The van der Waals surface area contributed by atoms with Crippen LogP contribution < -0.4 is 15.4 Å².